The summed E-state index contributed by atoms with van der Waals surface area (Å²) in [5.74, 6) is 1.46. The second-order valence-corrected chi connectivity index (χ2v) is 9.04. The Bertz CT molecular complexity index is 843. The number of benzene rings is 1. The van der Waals surface area contributed by atoms with E-state index in [-0.39, 0.29) is 11.7 Å². The Morgan fingerprint density at radius 1 is 1.14 bits per heavy atom. The van der Waals surface area contributed by atoms with Gasteiger partial charge in [-0.3, -0.25) is 4.79 Å². The zero-order valence-corrected chi connectivity index (χ0v) is 18.9. The van der Waals surface area contributed by atoms with Gasteiger partial charge < -0.3 is 15.1 Å². The third kappa shape index (κ3) is 6.66. The van der Waals surface area contributed by atoms with Gasteiger partial charge in [0.05, 0.1) is 5.75 Å². The average molecular weight is 454 g/mol. The number of piperazine rings is 1. The lowest BCUT2D eigenvalue weighted by Gasteiger charge is -2.36. The number of thioether (sulfide) groups is 1. The molecular formula is C20H25Cl2N5OS. The Morgan fingerprint density at radius 2 is 1.86 bits per heavy atom. The number of hydrogen-bond acceptors (Lipinski definition) is 6. The molecule has 0 bridgehead atoms. The molecule has 0 spiro atoms. The van der Waals surface area contributed by atoms with Crippen LogP contribution < -0.4 is 15.1 Å². The number of carbonyl (C=O) groups is 1. The Morgan fingerprint density at radius 3 is 2.55 bits per heavy atom. The van der Waals surface area contributed by atoms with Crippen LogP contribution in [-0.2, 0) is 4.79 Å². The van der Waals surface area contributed by atoms with Gasteiger partial charge in [0.2, 0.25) is 5.91 Å². The van der Waals surface area contributed by atoms with Crippen LogP contribution >= 0.6 is 35.0 Å². The van der Waals surface area contributed by atoms with E-state index in [1.165, 1.54) is 11.8 Å². The normalized spacial score (nSPS) is 14.4. The van der Waals surface area contributed by atoms with Crippen molar-refractivity contribution in [2.45, 2.75) is 19.0 Å². The molecule has 1 N–H and O–H groups in total. The highest BCUT2D eigenvalue weighted by atomic mass is 35.5. The van der Waals surface area contributed by atoms with Gasteiger partial charge in [-0.25, -0.2) is 9.97 Å². The zero-order valence-electron chi connectivity index (χ0n) is 16.6. The van der Waals surface area contributed by atoms with Crippen LogP contribution in [0.3, 0.4) is 0 Å². The van der Waals surface area contributed by atoms with E-state index in [0.717, 1.165) is 42.7 Å². The van der Waals surface area contributed by atoms with Gasteiger partial charge in [-0.15, -0.1) is 0 Å². The molecule has 9 heteroatoms. The minimum Gasteiger partial charge on any atom is -0.368 e. The highest BCUT2D eigenvalue weighted by molar-refractivity contribution is 7.99. The lowest BCUT2D eigenvalue weighted by molar-refractivity contribution is -0.118. The molecule has 0 aliphatic carbocycles. The van der Waals surface area contributed by atoms with Gasteiger partial charge in [0.1, 0.15) is 11.0 Å². The molecule has 1 saturated heterocycles. The van der Waals surface area contributed by atoms with Gasteiger partial charge in [0, 0.05) is 49.5 Å². The van der Waals surface area contributed by atoms with Crippen molar-refractivity contribution in [3.8, 4) is 0 Å². The molecule has 1 amide bonds. The van der Waals surface area contributed by atoms with Crippen LogP contribution in [0.25, 0.3) is 0 Å². The lowest BCUT2D eigenvalue weighted by atomic mass is 10.2. The third-order valence-corrected chi connectivity index (χ3v) is 5.75. The molecule has 2 aromatic rings. The van der Waals surface area contributed by atoms with Crippen molar-refractivity contribution in [1.82, 2.24) is 15.3 Å². The first-order valence-electron chi connectivity index (χ1n) is 9.60. The minimum atomic E-state index is -0.0241. The monoisotopic (exact) mass is 453 g/mol. The molecule has 0 unspecified atom stereocenters. The molecule has 1 aliphatic heterocycles. The largest absolute Gasteiger partial charge is 0.368 e. The Hall–Kier alpha value is -1.70. The Balaban J connectivity index is 1.58. The predicted octanol–water partition coefficient (Wildman–Crippen LogP) is 3.97. The fourth-order valence-electron chi connectivity index (χ4n) is 2.98. The predicted molar refractivity (Wildman–Crippen MR) is 121 cm³/mol. The van der Waals surface area contributed by atoms with E-state index in [2.05, 4.69) is 45.0 Å². The topological polar surface area (TPSA) is 61.4 Å². The maximum absolute atomic E-state index is 11.9. The quantitative estimate of drug-likeness (QED) is 0.388. The summed E-state index contributed by atoms with van der Waals surface area (Å²) >= 11 is 13.6. The molecule has 156 valence electrons. The van der Waals surface area contributed by atoms with E-state index >= 15 is 0 Å². The molecule has 1 aromatic heterocycles. The van der Waals surface area contributed by atoms with Crippen LogP contribution in [-0.4, -0.2) is 54.4 Å². The molecule has 6 nitrogen and oxygen atoms in total. The number of nitrogens with zero attached hydrogens (tertiary/aromatic N) is 4. The summed E-state index contributed by atoms with van der Waals surface area (Å²) in [6, 6.07) is 9.68. The van der Waals surface area contributed by atoms with Crippen molar-refractivity contribution in [3.05, 3.63) is 40.5 Å². The molecule has 0 radical (unpaired) electrons. The maximum atomic E-state index is 11.9. The fraction of sp³-hybridized carbons (Fsp3) is 0.450. The summed E-state index contributed by atoms with van der Waals surface area (Å²) < 4.78 is 0. The van der Waals surface area contributed by atoms with Crippen LogP contribution in [0.1, 0.15) is 13.8 Å². The van der Waals surface area contributed by atoms with Gasteiger partial charge >= 0.3 is 0 Å². The number of aromatic nitrogens is 2. The molecule has 1 fully saturated rings. The Kier molecular flexibility index (Phi) is 7.86. The van der Waals surface area contributed by atoms with Crippen LogP contribution in [0.15, 0.2) is 35.5 Å². The van der Waals surface area contributed by atoms with Gasteiger partial charge in [-0.05, 0) is 24.1 Å². The Labute approximate surface area is 186 Å². The second-order valence-electron chi connectivity index (χ2n) is 7.27. The van der Waals surface area contributed by atoms with E-state index in [1.54, 1.807) is 6.07 Å². The van der Waals surface area contributed by atoms with Crippen LogP contribution in [0, 0.1) is 5.92 Å². The summed E-state index contributed by atoms with van der Waals surface area (Å²) in [6.07, 6.45) is 0. The zero-order chi connectivity index (χ0) is 20.8. The molecule has 29 heavy (non-hydrogen) atoms. The molecule has 1 aliphatic rings. The van der Waals surface area contributed by atoms with Crippen molar-refractivity contribution in [1.29, 1.82) is 0 Å². The number of rotatable bonds is 7. The summed E-state index contributed by atoms with van der Waals surface area (Å²) in [5, 5.41) is 4.54. The third-order valence-electron chi connectivity index (χ3n) is 4.48. The fourth-order valence-corrected chi connectivity index (χ4v) is 4.07. The number of anilines is 2. The number of halogens is 2. The van der Waals surface area contributed by atoms with E-state index in [9.17, 15) is 4.79 Å². The van der Waals surface area contributed by atoms with E-state index < -0.39 is 0 Å². The highest BCUT2D eigenvalue weighted by Gasteiger charge is 2.20. The molecule has 2 heterocycles. The number of amides is 1. The molecule has 0 atom stereocenters. The van der Waals surface area contributed by atoms with Gasteiger partial charge in [0.15, 0.2) is 5.16 Å². The summed E-state index contributed by atoms with van der Waals surface area (Å²) in [5.41, 5.74) is 1.13. The maximum Gasteiger partial charge on any atom is 0.230 e. The summed E-state index contributed by atoms with van der Waals surface area (Å²) in [7, 11) is 0. The van der Waals surface area contributed by atoms with Crippen molar-refractivity contribution in [3.63, 3.8) is 0 Å². The van der Waals surface area contributed by atoms with Crippen molar-refractivity contribution < 1.29 is 4.79 Å². The van der Waals surface area contributed by atoms with Crippen molar-refractivity contribution >= 4 is 52.4 Å². The first-order valence-corrected chi connectivity index (χ1v) is 11.3. The summed E-state index contributed by atoms with van der Waals surface area (Å²) in [6.45, 7) is 8.15. The first-order chi connectivity index (χ1) is 13.9. The van der Waals surface area contributed by atoms with E-state index in [0.29, 0.717) is 22.8 Å². The average Bonchev–Trinajstić information content (AvgIpc) is 2.70. The SMILES string of the molecule is CC(C)CNC(=O)CSc1nc(Cl)cc(N2CCN(c3cccc(Cl)c3)CC2)n1. The highest BCUT2D eigenvalue weighted by Crippen LogP contribution is 2.25. The van der Waals surface area contributed by atoms with Crippen molar-refractivity contribution in [2.75, 3.05) is 48.3 Å². The molecular weight excluding hydrogens is 429 g/mol. The lowest BCUT2D eigenvalue weighted by Crippen LogP contribution is -2.46. The molecule has 1 aromatic carbocycles. The smallest absolute Gasteiger partial charge is 0.230 e. The number of nitrogens with one attached hydrogen (secondary N) is 1. The number of carbonyl (C=O) groups excluding carboxylic acids is 1. The molecule has 0 saturated carbocycles. The van der Waals surface area contributed by atoms with E-state index in [4.69, 9.17) is 23.2 Å². The first kappa shape index (κ1) is 22.0. The minimum absolute atomic E-state index is 0.0241. The van der Waals surface area contributed by atoms with Crippen LogP contribution in [0.5, 0.6) is 0 Å². The van der Waals surface area contributed by atoms with Crippen LogP contribution in [0.2, 0.25) is 10.2 Å². The molecule has 3 rings (SSSR count). The van der Waals surface area contributed by atoms with E-state index in [1.807, 2.05) is 18.2 Å². The van der Waals surface area contributed by atoms with Gasteiger partial charge in [-0.2, -0.15) is 0 Å². The van der Waals surface area contributed by atoms with Crippen LogP contribution in [0.4, 0.5) is 11.5 Å². The summed E-state index contributed by atoms with van der Waals surface area (Å²) in [4.78, 5) is 25.3. The van der Waals surface area contributed by atoms with Crippen molar-refractivity contribution in [2.24, 2.45) is 5.92 Å². The number of hydrogen-bond donors (Lipinski definition) is 1. The van der Waals surface area contributed by atoms with Gasteiger partial charge in [0.25, 0.3) is 0 Å². The second kappa shape index (κ2) is 10.4. The standard InChI is InChI=1S/C20H25Cl2N5OS/c1-14(2)12-23-19(28)13-29-20-24-17(22)11-18(25-20)27-8-6-26(7-9-27)16-5-3-4-15(21)10-16/h3-5,10-11,14H,6-9,12-13H2,1-2H3,(H,23,28). The van der Waals surface area contributed by atoms with Gasteiger partial charge in [-0.1, -0.05) is 54.9 Å².